The first-order valence-corrected chi connectivity index (χ1v) is 7.01. The van der Waals surface area contributed by atoms with Crippen LogP contribution >= 0.6 is 23.6 Å². The van der Waals surface area contributed by atoms with E-state index in [2.05, 4.69) is 29.0 Å². The van der Waals surface area contributed by atoms with Gasteiger partial charge >= 0.3 is 0 Å². The van der Waals surface area contributed by atoms with E-state index in [4.69, 9.17) is 12.2 Å². The molecule has 2 aromatic rings. The normalized spacial score (nSPS) is 11.0. The van der Waals surface area contributed by atoms with Gasteiger partial charge in [0.2, 0.25) is 0 Å². The number of aromatic amines is 1. The van der Waals surface area contributed by atoms with Crippen LogP contribution in [0.1, 0.15) is 31.0 Å². The van der Waals surface area contributed by atoms with Gasteiger partial charge in [-0.3, -0.25) is 9.67 Å². The molecule has 4 nitrogen and oxygen atoms in total. The van der Waals surface area contributed by atoms with E-state index in [0.717, 1.165) is 35.8 Å². The first-order valence-electron chi connectivity index (χ1n) is 5.79. The largest absolute Gasteiger partial charge is 0.300 e. The third-order valence-corrected chi connectivity index (χ3v) is 4.11. The van der Waals surface area contributed by atoms with Gasteiger partial charge in [0.15, 0.2) is 10.6 Å². The highest BCUT2D eigenvalue weighted by molar-refractivity contribution is 7.71. The van der Waals surface area contributed by atoms with Crippen molar-refractivity contribution >= 4 is 23.6 Å². The fourth-order valence-electron chi connectivity index (χ4n) is 1.76. The van der Waals surface area contributed by atoms with Gasteiger partial charge in [-0.05, 0) is 38.9 Å². The van der Waals surface area contributed by atoms with Crippen LogP contribution in [-0.2, 0) is 13.0 Å². The summed E-state index contributed by atoms with van der Waals surface area (Å²) in [5, 5.41) is 8.33. The van der Waals surface area contributed by atoms with Crippen molar-refractivity contribution in [3.05, 3.63) is 15.5 Å². The average molecular weight is 268 g/mol. The molecular formula is C11H16N4S2. The van der Waals surface area contributed by atoms with E-state index in [1.807, 2.05) is 11.5 Å². The van der Waals surface area contributed by atoms with Crippen LogP contribution < -0.4 is 0 Å². The van der Waals surface area contributed by atoms with Crippen molar-refractivity contribution in [3.63, 3.8) is 0 Å². The lowest BCUT2D eigenvalue weighted by Gasteiger charge is -2.00. The number of aromatic nitrogens is 4. The van der Waals surface area contributed by atoms with Crippen LogP contribution in [0, 0.1) is 11.7 Å². The fraction of sp³-hybridized carbons (Fsp3) is 0.545. The van der Waals surface area contributed by atoms with Crippen molar-refractivity contribution in [2.75, 3.05) is 0 Å². The summed E-state index contributed by atoms with van der Waals surface area (Å²) in [4.78, 5) is 5.71. The molecule has 0 fully saturated rings. The van der Waals surface area contributed by atoms with Gasteiger partial charge in [0.25, 0.3) is 0 Å². The fourth-order valence-corrected chi connectivity index (χ4v) is 3.19. The van der Waals surface area contributed by atoms with Crippen molar-refractivity contribution in [3.8, 4) is 10.7 Å². The Balaban J connectivity index is 2.48. The summed E-state index contributed by atoms with van der Waals surface area (Å²) in [6.45, 7) is 7.09. The number of rotatable bonds is 4. The smallest absolute Gasteiger partial charge is 0.195 e. The van der Waals surface area contributed by atoms with Crippen molar-refractivity contribution in [1.82, 2.24) is 19.7 Å². The molecule has 2 aromatic heterocycles. The standard InChI is InChI=1S/C11H16N4S2/c1-4-6-8-12-7(3)9(17-8)10-13-14-11(16)15(10)5-2/h4-6H2,1-3H3,(H,14,16). The summed E-state index contributed by atoms with van der Waals surface area (Å²) in [5.41, 5.74) is 1.04. The summed E-state index contributed by atoms with van der Waals surface area (Å²) in [5.74, 6) is 0.912. The Labute approximate surface area is 110 Å². The summed E-state index contributed by atoms with van der Waals surface area (Å²) in [6, 6.07) is 0. The Bertz CT molecular complexity index is 564. The maximum absolute atomic E-state index is 5.20. The Morgan fingerprint density at radius 2 is 2.18 bits per heavy atom. The topological polar surface area (TPSA) is 46.5 Å². The molecule has 0 atom stereocenters. The first-order chi connectivity index (χ1) is 8.17. The summed E-state index contributed by atoms with van der Waals surface area (Å²) in [6.07, 6.45) is 2.15. The van der Waals surface area contributed by atoms with Crippen LogP contribution in [0.5, 0.6) is 0 Å². The molecule has 0 saturated carbocycles. The second-order valence-corrected chi connectivity index (χ2v) is 5.34. The Hall–Kier alpha value is -1.01. The number of thiazole rings is 1. The third kappa shape index (κ3) is 2.32. The van der Waals surface area contributed by atoms with E-state index in [1.165, 1.54) is 5.01 Å². The van der Waals surface area contributed by atoms with Crippen molar-refractivity contribution in [2.24, 2.45) is 0 Å². The van der Waals surface area contributed by atoms with E-state index in [0.29, 0.717) is 4.77 Å². The lowest BCUT2D eigenvalue weighted by Crippen LogP contribution is -1.97. The molecule has 0 bridgehead atoms. The molecule has 0 aliphatic carbocycles. The van der Waals surface area contributed by atoms with Gasteiger partial charge < -0.3 is 0 Å². The molecule has 0 aromatic carbocycles. The molecule has 0 aliphatic heterocycles. The second kappa shape index (κ2) is 5.10. The molecule has 92 valence electrons. The van der Waals surface area contributed by atoms with Gasteiger partial charge in [0.1, 0.15) is 0 Å². The van der Waals surface area contributed by atoms with Gasteiger partial charge in [-0.25, -0.2) is 4.98 Å². The van der Waals surface area contributed by atoms with Crippen LogP contribution in [0.25, 0.3) is 10.7 Å². The number of H-pyrrole nitrogens is 1. The molecule has 1 N–H and O–H groups in total. The van der Waals surface area contributed by atoms with E-state index in [-0.39, 0.29) is 0 Å². The molecule has 0 aliphatic rings. The zero-order chi connectivity index (χ0) is 12.4. The van der Waals surface area contributed by atoms with E-state index >= 15 is 0 Å². The van der Waals surface area contributed by atoms with E-state index < -0.39 is 0 Å². The molecule has 2 rings (SSSR count). The zero-order valence-corrected chi connectivity index (χ0v) is 11.9. The molecule has 6 heteroatoms. The maximum Gasteiger partial charge on any atom is 0.195 e. The molecule has 0 radical (unpaired) electrons. The lowest BCUT2D eigenvalue weighted by atomic mass is 10.3. The zero-order valence-electron chi connectivity index (χ0n) is 10.3. The molecule has 2 heterocycles. The lowest BCUT2D eigenvalue weighted by molar-refractivity contribution is 0.756. The number of nitrogens with one attached hydrogen (secondary N) is 1. The van der Waals surface area contributed by atoms with Crippen LogP contribution in [0.4, 0.5) is 0 Å². The minimum absolute atomic E-state index is 0.673. The molecule has 17 heavy (non-hydrogen) atoms. The van der Waals surface area contributed by atoms with Crippen molar-refractivity contribution in [2.45, 2.75) is 40.2 Å². The van der Waals surface area contributed by atoms with Crippen LogP contribution in [0.3, 0.4) is 0 Å². The number of nitrogens with zero attached hydrogens (tertiary/aromatic N) is 3. The molecular weight excluding hydrogens is 252 g/mol. The van der Waals surface area contributed by atoms with Gasteiger partial charge in [-0.2, -0.15) is 5.10 Å². The quantitative estimate of drug-likeness (QED) is 0.865. The first kappa shape index (κ1) is 12.4. The highest BCUT2D eigenvalue weighted by atomic mass is 32.1. The van der Waals surface area contributed by atoms with Crippen LogP contribution in [-0.4, -0.2) is 19.7 Å². The SMILES string of the molecule is CCCc1nc(C)c(-c2n[nH]c(=S)n2CC)s1. The van der Waals surface area contributed by atoms with Crippen molar-refractivity contribution in [1.29, 1.82) is 0 Å². The van der Waals surface area contributed by atoms with Gasteiger partial charge in [0, 0.05) is 6.54 Å². The minimum atomic E-state index is 0.673. The predicted octanol–water partition coefficient (Wildman–Crippen LogP) is 3.35. The van der Waals surface area contributed by atoms with E-state index in [9.17, 15) is 0 Å². The molecule has 0 unspecified atom stereocenters. The number of hydrogen-bond donors (Lipinski definition) is 1. The van der Waals surface area contributed by atoms with Gasteiger partial charge in [0.05, 0.1) is 15.6 Å². The summed E-state index contributed by atoms with van der Waals surface area (Å²) < 4.78 is 2.68. The summed E-state index contributed by atoms with van der Waals surface area (Å²) in [7, 11) is 0. The van der Waals surface area contributed by atoms with Gasteiger partial charge in [-0.15, -0.1) is 11.3 Å². The molecule has 0 amide bonds. The number of aryl methyl sites for hydroxylation is 2. The van der Waals surface area contributed by atoms with E-state index in [1.54, 1.807) is 11.3 Å². The highest BCUT2D eigenvalue weighted by Gasteiger charge is 2.15. The second-order valence-electron chi connectivity index (χ2n) is 3.87. The average Bonchev–Trinajstić information content (AvgIpc) is 2.82. The van der Waals surface area contributed by atoms with Crippen LogP contribution in [0.15, 0.2) is 0 Å². The van der Waals surface area contributed by atoms with Crippen molar-refractivity contribution < 1.29 is 0 Å². The monoisotopic (exact) mass is 268 g/mol. The van der Waals surface area contributed by atoms with Crippen LogP contribution in [0.2, 0.25) is 0 Å². The third-order valence-electron chi connectivity index (χ3n) is 2.58. The number of hydrogen-bond acceptors (Lipinski definition) is 4. The minimum Gasteiger partial charge on any atom is -0.300 e. The Morgan fingerprint density at radius 3 is 2.82 bits per heavy atom. The maximum atomic E-state index is 5.20. The Morgan fingerprint density at radius 1 is 1.41 bits per heavy atom. The Kier molecular flexibility index (Phi) is 3.73. The van der Waals surface area contributed by atoms with Gasteiger partial charge in [-0.1, -0.05) is 6.92 Å². The highest BCUT2D eigenvalue weighted by Crippen LogP contribution is 2.29. The summed E-state index contributed by atoms with van der Waals surface area (Å²) >= 11 is 6.92. The molecule has 0 spiro atoms. The predicted molar refractivity (Wildman–Crippen MR) is 72.9 cm³/mol. The molecule has 0 saturated heterocycles.